The van der Waals surface area contributed by atoms with Crippen LogP contribution in [0.2, 0.25) is 0 Å². The van der Waals surface area contributed by atoms with Gasteiger partial charge in [0.15, 0.2) is 0 Å². The van der Waals surface area contributed by atoms with Crippen LogP contribution in [0.5, 0.6) is 0 Å². The van der Waals surface area contributed by atoms with E-state index in [1.165, 1.54) is 17.7 Å². The highest BCUT2D eigenvalue weighted by Crippen LogP contribution is 2.42. The molecule has 0 radical (unpaired) electrons. The van der Waals surface area contributed by atoms with Crippen LogP contribution in [-0.4, -0.2) is 35.7 Å². The van der Waals surface area contributed by atoms with E-state index in [2.05, 4.69) is 16.3 Å². The predicted molar refractivity (Wildman–Crippen MR) is 103 cm³/mol. The number of halogens is 1. The molecule has 2 heterocycles. The number of hydrogen-bond acceptors (Lipinski definition) is 4. The van der Waals surface area contributed by atoms with E-state index in [0.717, 1.165) is 49.4 Å². The van der Waals surface area contributed by atoms with E-state index >= 15 is 0 Å². The summed E-state index contributed by atoms with van der Waals surface area (Å²) in [6, 6.07) is 12.8. The molecular formula is C21H26FN3O. The summed E-state index contributed by atoms with van der Waals surface area (Å²) in [5, 5.41) is 13.9. The third-order valence-electron chi connectivity index (χ3n) is 5.76. The van der Waals surface area contributed by atoms with Crippen molar-refractivity contribution < 1.29 is 9.50 Å². The van der Waals surface area contributed by atoms with Crippen LogP contribution in [0.4, 0.5) is 15.8 Å². The van der Waals surface area contributed by atoms with Crippen molar-refractivity contribution in [3.8, 4) is 0 Å². The van der Waals surface area contributed by atoms with Gasteiger partial charge in [-0.3, -0.25) is 0 Å². The standard InChI is InChI=1S/C21H26FN3O/c22-15-8-6-14(7-9-15)20(26)5-2-11-25-12-10-19-17(13-25)16-3-1-4-18(23)21(16)24-19/h1,3-4,6-9,17,19-20,24,26H,2,5,10-13,23H2/t17-,19-,20?/m0/s1. The smallest absolute Gasteiger partial charge is 0.123 e. The van der Waals surface area contributed by atoms with E-state index in [4.69, 9.17) is 5.73 Å². The van der Waals surface area contributed by atoms with Crippen LogP contribution in [0.3, 0.4) is 0 Å². The van der Waals surface area contributed by atoms with Gasteiger partial charge in [-0.05, 0) is 55.1 Å². The number of piperidine rings is 1. The molecule has 0 aromatic heterocycles. The Hall–Kier alpha value is -2.11. The lowest BCUT2D eigenvalue weighted by Crippen LogP contribution is -2.42. The Morgan fingerprint density at radius 3 is 2.85 bits per heavy atom. The molecule has 2 aliphatic rings. The van der Waals surface area contributed by atoms with Gasteiger partial charge in [0.1, 0.15) is 5.82 Å². The fraction of sp³-hybridized carbons (Fsp3) is 0.429. The number of anilines is 2. The van der Waals surface area contributed by atoms with E-state index in [9.17, 15) is 9.50 Å². The number of nitrogens with two attached hydrogens (primary N) is 1. The van der Waals surface area contributed by atoms with Gasteiger partial charge in [-0.25, -0.2) is 4.39 Å². The van der Waals surface area contributed by atoms with Gasteiger partial charge in [-0.2, -0.15) is 0 Å². The van der Waals surface area contributed by atoms with Crippen molar-refractivity contribution in [1.82, 2.24) is 4.90 Å². The van der Waals surface area contributed by atoms with E-state index in [1.54, 1.807) is 12.1 Å². The summed E-state index contributed by atoms with van der Waals surface area (Å²) in [5.41, 5.74) is 10.2. The van der Waals surface area contributed by atoms with Crippen molar-refractivity contribution in [2.24, 2.45) is 0 Å². The SMILES string of the molecule is Nc1cccc2c1N[C@H]1CCN(CCCC(O)c3ccc(F)cc3)C[C@@H]21. The summed E-state index contributed by atoms with van der Waals surface area (Å²) < 4.78 is 13.0. The van der Waals surface area contributed by atoms with Crippen LogP contribution in [0.15, 0.2) is 42.5 Å². The predicted octanol–water partition coefficient (Wildman–Crippen LogP) is 3.51. The molecule has 1 fully saturated rings. The number of aliphatic hydroxyl groups excluding tert-OH is 1. The molecule has 0 aliphatic carbocycles. The van der Waals surface area contributed by atoms with Crippen LogP contribution in [0.1, 0.15) is 42.4 Å². The van der Waals surface area contributed by atoms with Gasteiger partial charge in [0, 0.05) is 25.0 Å². The summed E-state index contributed by atoms with van der Waals surface area (Å²) >= 11 is 0. The molecule has 3 atom stereocenters. The maximum absolute atomic E-state index is 13.0. The van der Waals surface area contributed by atoms with Crippen molar-refractivity contribution in [3.05, 3.63) is 59.4 Å². The molecule has 0 saturated carbocycles. The Morgan fingerprint density at radius 1 is 1.23 bits per heavy atom. The van der Waals surface area contributed by atoms with Gasteiger partial charge in [0.25, 0.3) is 0 Å². The molecule has 2 aliphatic heterocycles. The molecular weight excluding hydrogens is 329 g/mol. The highest BCUT2D eigenvalue weighted by atomic mass is 19.1. The van der Waals surface area contributed by atoms with Gasteiger partial charge < -0.3 is 21.1 Å². The number of para-hydroxylation sites is 1. The monoisotopic (exact) mass is 355 g/mol. The Kier molecular flexibility index (Phi) is 4.83. The zero-order chi connectivity index (χ0) is 18.1. The fourth-order valence-corrected chi connectivity index (χ4v) is 4.32. The van der Waals surface area contributed by atoms with E-state index in [1.807, 2.05) is 12.1 Å². The minimum absolute atomic E-state index is 0.269. The van der Waals surface area contributed by atoms with Gasteiger partial charge in [0.05, 0.1) is 17.5 Å². The van der Waals surface area contributed by atoms with Crippen LogP contribution >= 0.6 is 0 Å². The van der Waals surface area contributed by atoms with E-state index in [0.29, 0.717) is 18.4 Å². The molecule has 138 valence electrons. The first-order valence-electron chi connectivity index (χ1n) is 9.42. The molecule has 5 heteroatoms. The Labute approximate surface area is 153 Å². The minimum atomic E-state index is -0.526. The topological polar surface area (TPSA) is 61.5 Å². The molecule has 2 aromatic rings. The Morgan fingerprint density at radius 2 is 2.04 bits per heavy atom. The number of nitrogens with zero attached hydrogens (tertiary/aromatic N) is 1. The zero-order valence-electron chi connectivity index (χ0n) is 14.9. The van der Waals surface area contributed by atoms with Crippen LogP contribution in [-0.2, 0) is 0 Å². The lowest BCUT2D eigenvalue weighted by atomic mass is 9.89. The Bertz CT molecular complexity index is 764. The molecule has 0 amide bonds. The van der Waals surface area contributed by atoms with E-state index in [-0.39, 0.29) is 5.82 Å². The third kappa shape index (κ3) is 3.41. The molecule has 4 nitrogen and oxygen atoms in total. The third-order valence-corrected chi connectivity index (χ3v) is 5.76. The second-order valence-electron chi connectivity index (χ2n) is 7.47. The second-order valence-corrected chi connectivity index (χ2v) is 7.47. The number of nitrogen functional groups attached to an aromatic ring is 1. The average molecular weight is 355 g/mol. The number of nitrogens with one attached hydrogen (secondary N) is 1. The minimum Gasteiger partial charge on any atom is -0.397 e. The molecule has 0 bridgehead atoms. The average Bonchev–Trinajstić information content (AvgIpc) is 3.02. The first-order chi connectivity index (χ1) is 12.6. The largest absolute Gasteiger partial charge is 0.397 e. The number of benzene rings is 2. The summed E-state index contributed by atoms with van der Waals surface area (Å²) in [7, 11) is 0. The number of likely N-dealkylation sites (tertiary alicyclic amines) is 1. The second kappa shape index (κ2) is 7.25. The van der Waals surface area contributed by atoms with Gasteiger partial charge in [-0.1, -0.05) is 24.3 Å². The first kappa shape index (κ1) is 17.3. The number of rotatable bonds is 5. The van der Waals surface area contributed by atoms with Crippen molar-refractivity contribution >= 4 is 11.4 Å². The number of hydrogen-bond donors (Lipinski definition) is 3. The van der Waals surface area contributed by atoms with E-state index < -0.39 is 6.10 Å². The van der Waals surface area contributed by atoms with Crippen molar-refractivity contribution in [2.45, 2.75) is 37.3 Å². The first-order valence-corrected chi connectivity index (χ1v) is 9.42. The molecule has 1 saturated heterocycles. The number of aliphatic hydroxyl groups is 1. The lowest BCUT2D eigenvalue weighted by Gasteiger charge is -2.35. The molecule has 2 aromatic carbocycles. The Balaban J connectivity index is 1.31. The van der Waals surface area contributed by atoms with Gasteiger partial charge in [-0.15, -0.1) is 0 Å². The van der Waals surface area contributed by atoms with Crippen molar-refractivity contribution in [3.63, 3.8) is 0 Å². The van der Waals surface area contributed by atoms with Crippen LogP contribution in [0.25, 0.3) is 0 Å². The molecule has 0 spiro atoms. The normalized spacial score (nSPS) is 23.2. The maximum Gasteiger partial charge on any atom is 0.123 e. The quantitative estimate of drug-likeness (QED) is 0.719. The summed E-state index contributed by atoms with van der Waals surface area (Å²) in [6.07, 6.45) is 2.20. The maximum atomic E-state index is 13.0. The van der Waals surface area contributed by atoms with Gasteiger partial charge in [0.2, 0.25) is 0 Å². The highest BCUT2D eigenvalue weighted by Gasteiger charge is 2.37. The summed E-state index contributed by atoms with van der Waals surface area (Å²) in [5.74, 6) is 0.221. The molecule has 26 heavy (non-hydrogen) atoms. The summed E-state index contributed by atoms with van der Waals surface area (Å²) in [6.45, 7) is 3.06. The summed E-state index contributed by atoms with van der Waals surface area (Å²) in [4.78, 5) is 2.48. The highest BCUT2D eigenvalue weighted by molar-refractivity contribution is 5.74. The molecule has 4 rings (SSSR count). The number of fused-ring (bicyclic) bond motifs is 3. The zero-order valence-corrected chi connectivity index (χ0v) is 14.9. The van der Waals surface area contributed by atoms with Crippen LogP contribution in [0, 0.1) is 5.82 Å². The van der Waals surface area contributed by atoms with Crippen molar-refractivity contribution in [2.75, 3.05) is 30.7 Å². The lowest BCUT2D eigenvalue weighted by molar-refractivity contribution is 0.146. The fourth-order valence-electron chi connectivity index (χ4n) is 4.32. The molecule has 1 unspecified atom stereocenters. The van der Waals surface area contributed by atoms with Crippen LogP contribution < -0.4 is 11.1 Å². The molecule has 4 N–H and O–H groups in total. The van der Waals surface area contributed by atoms with Gasteiger partial charge >= 0.3 is 0 Å². The van der Waals surface area contributed by atoms with Crippen molar-refractivity contribution in [1.29, 1.82) is 0 Å².